The van der Waals surface area contributed by atoms with Gasteiger partial charge in [0.05, 0.1) is 17.6 Å². The number of aromatic nitrogens is 1. The van der Waals surface area contributed by atoms with Crippen molar-refractivity contribution >= 4 is 10.9 Å². The van der Waals surface area contributed by atoms with Crippen LogP contribution in [0, 0.1) is 18.3 Å². The van der Waals surface area contributed by atoms with E-state index in [4.69, 9.17) is 4.74 Å². The monoisotopic (exact) mass is 346 g/mol. The highest BCUT2D eigenvalue weighted by Gasteiger charge is 2.12. The fraction of sp³-hybridized carbons (Fsp3) is 0.348. The predicted octanol–water partition coefficient (Wildman–Crippen LogP) is 5.59. The molecule has 0 fully saturated rings. The van der Waals surface area contributed by atoms with E-state index in [1.807, 2.05) is 18.3 Å². The van der Waals surface area contributed by atoms with Gasteiger partial charge in [-0.3, -0.25) is 0 Å². The minimum Gasteiger partial charge on any atom is -0.491 e. The molecule has 0 saturated heterocycles. The molecule has 0 N–H and O–H groups in total. The number of ether oxygens (including phenoxy) is 1. The zero-order valence-electron chi connectivity index (χ0n) is 16.0. The van der Waals surface area contributed by atoms with E-state index in [1.165, 1.54) is 16.7 Å². The van der Waals surface area contributed by atoms with Gasteiger partial charge in [-0.25, -0.2) is 0 Å². The molecule has 26 heavy (non-hydrogen) atoms. The second kappa shape index (κ2) is 7.66. The summed E-state index contributed by atoms with van der Waals surface area (Å²) in [5.74, 6) is 1.39. The van der Waals surface area contributed by atoms with Crippen LogP contribution in [0.2, 0.25) is 0 Å². The van der Waals surface area contributed by atoms with Crippen LogP contribution >= 0.6 is 0 Å². The summed E-state index contributed by atoms with van der Waals surface area (Å²) in [5.41, 5.74) is 5.59. The minimum atomic E-state index is 0.426. The normalized spacial score (nSPS) is 11.1. The summed E-state index contributed by atoms with van der Waals surface area (Å²) in [6, 6.07) is 14.9. The topological polar surface area (TPSA) is 38.0 Å². The molecule has 2 aromatic carbocycles. The van der Waals surface area contributed by atoms with Crippen LogP contribution in [0.1, 0.15) is 48.9 Å². The van der Waals surface area contributed by atoms with E-state index in [-0.39, 0.29) is 0 Å². The summed E-state index contributed by atoms with van der Waals surface area (Å²) < 4.78 is 8.31. The van der Waals surface area contributed by atoms with E-state index in [0.717, 1.165) is 35.2 Å². The average Bonchev–Trinajstić information content (AvgIpc) is 2.99. The lowest BCUT2D eigenvalue weighted by atomic mass is 10.0. The van der Waals surface area contributed by atoms with Crippen molar-refractivity contribution in [3.63, 3.8) is 0 Å². The summed E-state index contributed by atoms with van der Waals surface area (Å²) in [7, 11) is 0. The van der Waals surface area contributed by atoms with Crippen molar-refractivity contribution in [2.45, 2.75) is 46.6 Å². The Labute approximate surface area is 155 Å². The van der Waals surface area contributed by atoms with Gasteiger partial charge in [-0.1, -0.05) is 51.1 Å². The van der Waals surface area contributed by atoms with Crippen LogP contribution in [0.5, 0.6) is 5.75 Å². The van der Waals surface area contributed by atoms with E-state index in [9.17, 15) is 5.26 Å². The Morgan fingerprint density at radius 2 is 2.00 bits per heavy atom. The van der Waals surface area contributed by atoms with Gasteiger partial charge in [0, 0.05) is 11.6 Å². The van der Waals surface area contributed by atoms with Gasteiger partial charge in [-0.15, -0.1) is 0 Å². The van der Waals surface area contributed by atoms with E-state index >= 15 is 0 Å². The van der Waals surface area contributed by atoms with Gasteiger partial charge in [0.1, 0.15) is 18.4 Å². The summed E-state index contributed by atoms with van der Waals surface area (Å²) in [4.78, 5) is 0. The zero-order valence-corrected chi connectivity index (χ0v) is 16.0. The van der Waals surface area contributed by atoms with Crippen molar-refractivity contribution in [1.82, 2.24) is 4.57 Å². The summed E-state index contributed by atoms with van der Waals surface area (Å²) in [5, 5.41) is 10.5. The molecule has 1 heterocycles. The van der Waals surface area contributed by atoms with Crippen molar-refractivity contribution in [3.8, 4) is 11.8 Å². The van der Waals surface area contributed by atoms with Crippen LogP contribution in [-0.4, -0.2) is 11.2 Å². The van der Waals surface area contributed by atoms with Crippen LogP contribution in [0.15, 0.2) is 42.6 Å². The highest BCUT2D eigenvalue weighted by molar-refractivity contribution is 5.89. The van der Waals surface area contributed by atoms with Crippen molar-refractivity contribution in [3.05, 3.63) is 64.8 Å². The first-order chi connectivity index (χ1) is 12.5. The van der Waals surface area contributed by atoms with E-state index in [0.29, 0.717) is 12.5 Å². The first-order valence-electron chi connectivity index (χ1n) is 9.29. The van der Waals surface area contributed by atoms with Crippen LogP contribution in [0.3, 0.4) is 0 Å². The zero-order chi connectivity index (χ0) is 18.7. The molecule has 0 radical (unpaired) electrons. The Kier molecular flexibility index (Phi) is 5.32. The van der Waals surface area contributed by atoms with Crippen LogP contribution in [-0.2, 0) is 13.0 Å². The molecule has 0 spiro atoms. The molecular formula is C23H26N2O. The molecule has 1 aromatic heterocycles. The third-order valence-corrected chi connectivity index (χ3v) is 4.86. The Morgan fingerprint density at radius 3 is 2.69 bits per heavy atom. The number of rotatable bonds is 6. The van der Waals surface area contributed by atoms with Gasteiger partial charge < -0.3 is 9.30 Å². The molecule has 0 unspecified atom stereocenters. The standard InChI is InChI=1S/C23H26N2O/c1-5-18-7-6-8-21-19(14-24)15-25(23(18)21)11-12-26-22-13-17(4)9-10-20(22)16(2)3/h6-10,13,15-16H,5,11-12H2,1-4H3. The van der Waals surface area contributed by atoms with Gasteiger partial charge >= 0.3 is 0 Å². The predicted molar refractivity (Wildman–Crippen MR) is 107 cm³/mol. The van der Waals surface area contributed by atoms with E-state index < -0.39 is 0 Å². The Bertz CT molecular complexity index is 960. The lowest BCUT2D eigenvalue weighted by molar-refractivity contribution is 0.296. The fourth-order valence-corrected chi connectivity index (χ4v) is 3.49. The first kappa shape index (κ1) is 18.1. The molecule has 3 rings (SSSR count). The number of para-hydroxylation sites is 1. The number of hydrogen-bond donors (Lipinski definition) is 0. The number of nitrogens with zero attached hydrogens (tertiary/aromatic N) is 2. The third kappa shape index (κ3) is 3.46. The molecule has 0 aliphatic carbocycles. The molecule has 3 nitrogen and oxygen atoms in total. The SMILES string of the molecule is CCc1cccc2c(C#N)cn(CCOc3cc(C)ccc3C(C)C)c12. The van der Waals surface area contributed by atoms with Gasteiger partial charge in [0.25, 0.3) is 0 Å². The Morgan fingerprint density at radius 1 is 1.19 bits per heavy atom. The lowest BCUT2D eigenvalue weighted by Gasteiger charge is -2.16. The maximum Gasteiger partial charge on any atom is 0.123 e. The van der Waals surface area contributed by atoms with Gasteiger partial charge in [-0.05, 0) is 42.0 Å². The number of fused-ring (bicyclic) bond motifs is 1. The van der Waals surface area contributed by atoms with Crippen molar-refractivity contribution in [2.24, 2.45) is 0 Å². The van der Waals surface area contributed by atoms with Gasteiger partial charge in [0.2, 0.25) is 0 Å². The van der Waals surface area contributed by atoms with Crippen LogP contribution < -0.4 is 4.74 Å². The smallest absolute Gasteiger partial charge is 0.123 e. The van der Waals surface area contributed by atoms with Gasteiger partial charge in [0.15, 0.2) is 0 Å². The van der Waals surface area contributed by atoms with Crippen LogP contribution in [0.4, 0.5) is 0 Å². The average molecular weight is 346 g/mol. The molecular weight excluding hydrogens is 320 g/mol. The summed E-state index contributed by atoms with van der Waals surface area (Å²) in [6.07, 6.45) is 2.90. The third-order valence-electron chi connectivity index (χ3n) is 4.86. The number of hydrogen-bond acceptors (Lipinski definition) is 2. The maximum atomic E-state index is 9.45. The molecule has 0 saturated carbocycles. The molecule has 0 atom stereocenters. The highest BCUT2D eigenvalue weighted by atomic mass is 16.5. The van der Waals surface area contributed by atoms with Gasteiger partial charge in [-0.2, -0.15) is 5.26 Å². The second-order valence-electron chi connectivity index (χ2n) is 7.06. The number of nitriles is 1. The minimum absolute atomic E-state index is 0.426. The Balaban J connectivity index is 1.86. The maximum absolute atomic E-state index is 9.45. The summed E-state index contributed by atoms with van der Waals surface area (Å²) >= 11 is 0. The lowest BCUT2D eigenvalue weighted by Crippen LogP contribution is -2.09. The molecule has 0 amide bonds. The van der Waals surface area contributed by atoms with E-state index in [2.05, 4.69) is 62.6 Å². The number of aryl methyl sites for hydroxylation is 2. The molecule has 0 bridgehead atoms. The quantitative estimate of drug-likeness (QED) is 0.584. The van der Waals surface area contributed by atoms with Crippen LogP contribution in [0.25, 0.3) is 10.9 Å². The van der Waals surface area contributed by atoms with Crippen molar-refractivity contribution in [2.75, 3.05) is 6.61 Å². The molecule has 134 valence electrons. The first-order valence-corrected chi connectivity index (χ1v) is 9.29. The summed E-state index contributed by atoms with van der Waals surface area (Å²) in [6.45, 7) is 9.91. The largest absolute Gasteiger partial charge is 0.491 e. The molecule has 3 heteroatoms. The molecule has 0 aliphatic rings. The van der Waals surface area contributed by atoms with Crippen molar-refractivity contribution < 1.29 is 4.74 Å². The van der Waals surface area contributed by atoms with Crippen molar-refractivity contribution in [1.29, 1.82) is 5.26 Å². The number of benzene rings is 2. The highest BCUT2D eigenvalue weighted by Crippen LogP contribution is 2.28. The van der Waals surface area contributed by atoms with E-state index in [1.54, 1.807) is 0 Å². The fourth-order valence-electron chi connectivity index (χ4n) is 3.49. The second-order valence-corrected chi connectivity index (χ2v) is 7.06. The Hall–Kier alpha value is -2.73. The molecule has 0 aliphatic heterocycles. The molecule has 3 aromatic rings.